The summed E-state index contributed by atoms with van der Waals surface area (Å²) >= 11 is 0. The Balaban J connectivity index is 2.17. The molecule has 1 saturated carbocycles. The summed E-state index contributed by atoms with van der Waals surface area (Å²) < 4.78 is 7.76. The van der Waals surface area contributed by atoms with Gasteiger partial charge in [0.15, 0.2) is 0 Å². The molecule has 0 unspecified atom stereocenters. The Morgan fingerprint density at radius 3 is 2.82 bits per heavy atom. The van der Waals surface area contributed by atoms with Gasteiger partial charge in [-0.1, -0.05) is 0 Å². The van der Waals surface area contributed by atoms with E-state index in [1.807, 2.05) is 6.07 Å². The molecule has 1 aliphatic rings. The molecule has 0 atom stereocenters. The molecule has 1 fully saturated rings. The first kappa shape index (κ1) is 10.7. The Kier molecular flexibility index (Phi) is 2.56. The van der Waals surface area contributed by atoms with Crippen LogP contribution in [0.3, 0.4) is 0 Å². The number of rotatable bonds is 4. The minimum absolute atomic E-state index is 0.682. The molecule has 3 rings (SSSR count). The van der Waals surface area contributed by atoms with Crippen LogP contribution in [0.15, 0.2) is 24.3 Å². The second kappa shape index (κ2) is 4.08. The van der Waals surface area contributed by atoms with Crippen LogP contribution in [-0.2, 0) is 6.42 Å². The smallest absolute Gasteiger partial charge is 0.120 e. The van der Waals surface area contributed by atoms with Gasteiger partial charge in [0.05, 0.1) is 12.6 Å². The second-order valence-corrected chi connectivity index (χ2v) is 4.70. The number of nitrogens with zero attached hydrogens (tertiary/aromatic N) is 1. The number of methoxy groups -OCH3 is 1. The largest absolute Gasteiger partial charge is 0.497 e. The molecule has 1 aromatic heterocycles. The van der Waals surface area contributed by atoms with Crippen molar-refractivity contribution in [2.45, 2.75) is 25.3 Å². The molecule has 1 aliphatic carbocycles. The molecule has 2 aromatic rings. The Hall–Kier alpha value is -1.48. The van der Waals surface area contributed by atoms with E-state index >= 15 is 0 Å². The maximum absolute atomic E-state index is 5.69. The highest BCUT2D eigenvalue weighted by Crippen LogP contribution is 2.40. The Bertz CT molecular complexity index is 540. The van der Waals surface area contributed by atoms with Gasteiger partial charge in [0, 0.05) is 23.2 Å². The molecular formula is C14H18N2O. The third-order valence-corrected chi connectivity index (χ3v) is 3.44. The predicted molar refractivity (Wildman–Crippen MR) is 69.5 cm³/mol. The SMILES string of the molecule is COc1ccc2cc(CCN)n(C3CC3)c2c1. The zero-order chi connectivity index (χ0) is 11.8. The molecule has 3 heteroatoms. The monoisotopic (exact) mass is 230 g/mol. The fourth-order valence-corrected chi connectivity index (χ4v) is 2.49. The Morgan fingerprint density at radius 1 is 1.35 bits per heavy atom. The van der Waals surface area contributed by atoms with Gasteiger partial charge in [0.25, 0.3) is 0 Å². The van der Waals surface area contributed by atoms with Crippen molar-refractivity contribution in [3.05, 3.63) is 30.0 Å². The quantitative estimate of drug-likeness (QED) is 0.876. The highest BCUT2D eigenvalue weighted by atomic mass is 16.5. The van der Waals surface area contributed by atoms with Crippen LogP contribution in [0.1, 0.15) is 24.6 Å². The average Bonchev–Trinajstić information content (AvgIpc) is 3.11. The van der Waals surface area contributed by atoms with Gasteiger partial charge in [-0.15, -0.1) is 0 Å². The number of hydrogen-bond acceptors (Lipinski definition) is 2. The van der Waals surface area contributed by atoms with Gasteiger partial charge in [-0.05, 0) is 44.0 Å². The molecule has 0 spiro atoms. The first-order valence-corrected chi connectivity index (χ1v) is 6.21. The number of benzene rings is 1. The maximum atomic E-state index is 5.69. The van der Waals surface area contributed by atoms with Crippen LogP contribution in [0, 0.1) is 0 Å². The van der Waals surface area contributed by atoms with Crippen LogP contribution in [0.5, 0.6) is 5.75 Å². The summed E-state index contributed by atoms with van der Waals surface area (Å²) in [6, 6.07) is 9.23. The van der Waals surface area contributed by atoms with E-state index < -0.39 is 0 Å². The standard InChI is InChI=1S/C14H18N2O/c1-17-13-5-2-10-8-12(6-7-15)16(11-3-4-11)14(10)9-13/h2,5,8-9,11H,3-4,6-7,15H2,1H3. The van der Waals surface area contributed by atoms with Gasteiger partial charge >= 0.3 is 0 Å². The Labute approximate surface area is 101 Å². The number of fused-ring (bicyclic) bond motifs is 1. The van der Waals surface area contributed by atoms with Crippen molar-refractivity contribution in [3.63, 3.8) is 0 Å². The maximum Gasteiger partial charge on any atom is 0.120 e. The predicted octanol–water partition coefficient (Wildman–Crippen LogP) is 2.49. The van der Waals surface area contributed by atoms with E-state index in [4.69, 9.17) is 10.5 Å². The summed E-state index contributed by atoms with van der Waals surface area (Å²) in [4.78, 5) is 0. The van der Waals surface area contributed by atoms with Gasteiger partial charge in [-0.3, -0.25) is 0 Å². The summed E-state index contributed by atoms with van der Waals surface area (Å²) in [7, 11) is 1.71. The highest BCUT2D eigenvalue weighted by molar-refractivity contribution is 5.83. The van der Waals surface area contributed by atoms with E-state index in [-0.39, 0.29) is 0 Å². The van der Waals surface area contributed by atoms with Gasteiger partial charge in [-0.25, -0.2) is 0 Å². The highest BCUT2D eigenvalue weighted by Gasteiger charge is 2.27. The molecule has 0 aliphatic heterocycles. The average molecular weight is 230 g/mol. The topological polar surface area (TPSA) is 40.2 Å². The fourth-order valence-electron chi connectivity index (χ4n) is 2.49. The Morgan fingerprint density at radius 2 is 2.18 bits per heavy atom. The van der Waals surface area contributed by atoms with E-state index in [0.717, 1.165) is 12.2 Å². The van der Waals surface area contributed by atoms with E-state index in [9.17, 15) is 0 Å². The van der Waals surface area contributed by atoms with Crippen molar-refractivity contribution in [2.75, 3.05) is 13.7 Å². The lowest BCUT2D eigenvalue weighted by Crippen LogP contribution is -2.08. The lowest BCUT2D eigenvalue weighted by molar-refractivity contribution is 0.415. The molecule has 0 radical (unpaired) electrons. The number of ether oxygens (including phenoxy) is 1. The van der Waals surface area contributed by atoms with Gasteiger partial charge < -0.3 is 15.0 Å². The van der Waals surface area contributed by atoms with Crippen molar-refractivity contribution in [3.8, 4) is 5.75 Å². The molecule has 0 amide bonds. The summed E-state index contributed by atoms with van der Waals surface area (Å²) in [5.41, 5.74) is 8.34. The van der Waals surface area contributed by atoms with Gasteiger partial charge in [0.2, 0.25) is 0 Å². The molecule has 2 N–H and O–H groups in total. The molecular weight excluding hydrogens is 212 g/mol. The summed E-state index contributed by atoms with van der Waals surface area (Å²) in [5.74, 6) is 0.928. The van der Waals surface area contributed by atoms with Gasteiger partial charge in [-0.2, -0.15) is 0 Å². The van der Waals surface area contributed by atoms with Crippen molar-refractivity contribution < 1.29 is 4.74 Å². The summed E-state index contributed by atoms with van der Waals surface area (Å²) in [6.07, 6.45) is 3.53. The van der Waals surface area contributed by atoms with Crippen LogP contribution >= 0.6 is 0 Å². The van der Waals surface area contributed by atoms with Crippen LogP contribution < -0.4 is 10.5 Å². The summed E-state index contributed by atoms with van der Waals surface area (Å²) in [6.45, 7) is 0.709. The zero-order valence-corrected chi connectivity index (χ0v) is 10.1. The first-order chi connectivity index (χ1) is 8.33. The van der Waals surface area contributed by atoms with E-state index in [2.05, 4.69) is 22.8 Å². The zero-order valence-electron chi connectivity index (χ0n) is 10.1. The van der Waals surface area contributed by atoms with Crippen molar-refractivity contribution in [2.24, 2.45) is 5.73 Å². The minimum atomic E-state index is 0.682. The lowest BCUT2D eigenvalue weighted by atomic mass is 10.2. The van der Waals surface area contributed by atoms with E-state index in [0.29, 0.717) is 12.6 Å². The number of nitrogens with two attached hydrogens (primary N) is 1. The van der Waals surface area contributed by atoms with Crippen molar-refractivity contribution in [1.82, 2.24) is 4.57 Å². The normalized spacial score (nSPS) is 15.4. The van der Waals surface area contributed by atoms with Gasteiger partial charge in [0.1, 0.15) is 5.75 Å². The van der Waals surface area contributed by atoms with Crippen LogP contribution in [-0.4, -0.2) is 18.2 Å². The number of hydrogen-bond donors (Lipinski definition) is 1. The first-order valence-electron chi connectivity index (χ1n) is 6.21. The lowest BCUT2D eigenvalue weighted by Gasteiger charge is -2.09. The van der Waals surface area contributed by atoms with E-state index in [1.54, 1.807) is 7.11 Å². The molecule has 0 bridgehead atoms. The van der Waals surface area contributed by atoms with Crippen LogP contribution in [0.2, 0.25) is 0 Å². The minimum Gasteiger partial charge on any atom is -0.497 e. The van der Waals surface area contributed by atoms with Crippen molar-refractivity contribution >= 4 is 10.9 Å². The summed E-state index contributed by atoms with van der Waals surface area (Å²) in [5, 5.41) is 1.29. The van der Waals surface area contributed by atoms with E-state index in [1.165, 1.54) is 29.4 Å². The molecule has 1 heterocycles. The second-order valence-electron chi connectivity index (χ2n) is 4.70. The molecule has 3 nitrogen and oxygen atoms in total. The molecule has 0 saturated heterocycles. The fraction of sp³-hybridized carbons (Fsp3) is 0.429. The molecule has 90 valence electrons. The third kappa shape index (κ3) is 1.80. The number of aromatic nitrogens is 1. The van der Waals surface area contributed by atoms with Crippen molar-refractivity contribution in [1.29, 1.82) is 0 Å². The third-order valence-electron chi connectivity index (χ3n) is 3.44. The van der Waals surface area contributed by atoms with Crippen LogP contribution in [0.25, 0.3) is 10.9 Å². The van der Waals surface area contributed by atoms with Crippen LogP contribution in [0.4, 0.5) is 0 Å². The molecule has 17 heavy (non-hydrogen) atoms. The molecule has 1 aromatic carbocycles.